The van der Waals surface area contributed by atoms with Crippen molar-refractivity contribution in [3.8, 4) is 0 Å². The molecule has 0 bridgehead atoms. The van der Waals surface area contributed by atoms with E-state index in [4.69, 9.17) is 28.9 Å². The minimum absolute atomic E-state index is 0.0762. The van der Waals surface area contributed by atoms with Gasteiger partial charge in [0.25, 0.3) is 17.7 Å². The first-order chi connectivity index (χ1) is 17.3. The molecule has 1 aliphatic rings. The van der Waals surface area contributed by atoms with Crippen LogP contribution in [-0.2, 0) is 17.9 Å². The number of halogens is 3. The van der Waals surface area contributed by atoms with E-state index in [1.165, 1.54) is 46.2 Å². The minimum Gasteiger partial charge on any atom is -0.349 e. The Morgan fingerprint density at radius 2 is 1.50 bits per heavy atom. The molecule has 1 heterocycles. The van der Waals surface area contributed by atoms with Gasteiger partial charge in [0.1, 0.15) is 5.82 Å². The summed E-state index contributed by atoms with van der Waals surface area (Å²) in [4.78, 5) is 42.6. The summed E-state index contributed by atoms with van der Waals surface area (Å²) in [7, 11) is 0. The number of nitrogens with one attached hydrogen (secondary N) is 1. The molecule has 3 aromatic carbocycles. The number of carbonyl (C=O) groups is 3. The lowest BCUT2D eigenvalue weighted by Crippen LogP contribution is -2.53. The largest absolute Gasteiger partial charge is 0.349 e. The molecule has 3 aromatic rings. The highest BCUT2D eigenvalue weighted by molar-refractivity contribution is 6.42. The average molecular weight is 529 g/mol. The van der Waals surface area contributed by atoms with Crippen molar-refractivity contribution in [1.29, 1.82) is 0 Å². The summed E-state index contributed by atoms with van der Waals surface area (Å²) in [6, 6.07) is 17.0. The van der Waals surface area contributed by atoms with Crippen molar-refractivity contribution in [3.63, 3.8) is 0 Å². The lowest BCUT2D eigenvalue weighted by atomic mass is 10.1. The zero-order valence-corrected chi connectivity index (χ0v) is 20.6. The van der Waals surface area contributed by atoms with Gasteiger partial charge in [-0.2, -0.15) is 0 Å². The van der Waals surface area contributed by atoms with Crippen LogP contribution in [0.5, 0.6) is 0 Å². The standard InChI is InChI=1S/C26H23Cl2FN4O3/c27-21-8-7-19(13-22(21)28)26(36)33-10-9-32(25(35)18-5-2-6-20(29)12-18)24(33)23(34)31-15-17-4-1-3-16(11-17)14-30/h1-8,11-13,24H,9-10,14-15,30H2,(H,31,34). The summed E-state index contributed by atoms with van der Waals surface area (Å²) in [5.74, 6) is -2.19. The van der Waals surface area contributed by atoms with E-state index in [-0.39, 0.29) is 40.8 Å². The van der Waals surface area contributed by atoms with Gasteiger partial charge in [0.05, 0.1) is 10.0 Å². The Kier molecular flexibility index (Phi) is 7.88. The monoisotopic (exact) mass is 528 g/mol. The Bertz CT molecular complexity index is 1320. The van der Waals surface area contributed by atoms with Gasteiger partial charge >= 0.3 is 0 Å². The van der Waals surface area contributed by atoms with E-state index in [1.807, 2.05) is 24.3 Å². The van der Waals surface area contributed by atoms with Crippen molar-refractivity contribution in [1.82, 2.24) is 15.1 Å². The zero-order valence-electron chi connectivity index (χ0n) is 19.1. The van der Waals surface area contributed by atoms with Crippen LogP contribution in [0.25, 0.3) is 0 Å². The maximum Gasteiger partial charge on any atom is 0.264 e. The predicted molar refractivity (Wildman–Crippen MR) is 135 cm³/mol. The smallest absolute Gasteiger partial charge is 0.264 e. The zero-order chi connectivity index (χ0) is 25.8. The molecule has 10 heteroatoms. The van der Waals surface area contributed by atoms with Crippen molar-refractivity contribution < 1.29 is 18.8 Å². The number of rotatable bonds is 6. The van der Waals surface area contributed by atoms with Gasteiger partial charge in [-0.3, -0.25) is 14.4 Å². The van der Waals surface area contributed by atoms with Gasteiger partial charge in [-0.15, -0.1) is 0 Å². The van der Waals surface area contributed by atoms with Gasteiger partial charge in [0.2, 0.25) is 0 Å². The van der Waals surface area contributed by atoms with Gasteiger partial charge in [-0.1, -0.05) is 53.5 Å². The van der Waals surface area contributed by atoms with Crippen LogP contribution in [0.15, 0.2) is 66.7 Å². The van der Waals surface area contributed by atoms with E-state index >= 15 is 0 Å². The minimum atomic E-state index is -1.25. The second kappa shape index (κ2) is 11.1. The molecule has 1 aliphatic heterocycles. The summed E-state index contributed by atoms with van der Waals surface area (Å²) < 4.78 is 13.8. The van der Waals surface area contributed by atoms with E-state index in [9.17, 15) is 18.8 Å². The first kappa shape index (κ1) is 25.6. The number of carbonyl (C=O) groups excluding carboxylic acids is 3. The third-order valence-corrected chi connectivity index (χ3v) is 6.60. The van der Waals surface area contributed by atoms with Crippen LogP contribution >= 0.6 is 23.2 Å². The molecule has 4 rings (SSSR count). The third-order valence-electron chi connectivity index (χ3n) is 5.86. The van der Waals surface area contributed by atoms with Gasteiger partial charge in [-0.25, -0.2) is 4.39 Å². The van der Waals surface area contributed by atoms with E-state index in [0.29, 0.717) is 6.54 Å². The number of benzene rings is 3. The van der Waals surface area contributed by atoms with E-state index in [2.05, 4.69) is 5.32 Å². The molecule has 0 radical (unpaired) electrons. The molecule has 1 atom stereocenters. The lowest BCUT2D eigenvalue weighted by molar-refractivity contribution is -0.128. The average Bonchev–Trinajstić information content (AvgIpc) is 3.33. The Balaban J connectivity index is 1.62. The molecule has 1 unspecified atom stereocenters. The summed E-state index contributed by atoms with van der Waals surface area (Å²) >= 11 is 12.1. The van der Waals surface area contributed by atoms with Gasteiger partial charge < -0.3 is 20.9 Å². The summed E-state index contributed by atoms with van der Waals surface area (Å²) in [6.07, 6.45) is -1.25. The number of amides is 3. The van der Waals surface area contributed by atoms with Crippen LogP contribution in [-0.4, -0.2) is 46.8 Å². The van der Waals surface area contributed by atoms with Crippen LogP contribution < -0.4 is 11.1 Å². The van der Waals surface area contributed by atoms with Crippen LogP contribution in [0.1, 0.15) is 31.8 Å². The Morgan fingerprint density at radius 3 is 2.14 bits per heavy atom. The first-order valence-corrected chi connectivity index (χ1v) is 11.9. The Labute approximate surface area is 217 Å². The second-order valence-electron chi connectivity index (χ2n) is 8.25. The number of nitrogens with two attached hydrogens (primary N) is 1. The summed E-state index contributed by atoms with van der Waals surface area (Å²) in [5.41, 5.74) is 7.71. The molecule has 7 nitrogen and oxygen atoms in total. The van der Waals surface area contributed by atoms with Crippen molar-refractivity contribution in [2.45, 2.75) is 19.3 Å². The molecule has 1 fully saturated rings. The predicted octanol–water partition coefficient (Wildman–Crippen LogP) is 3.83. The molecule has 36 heavy (non-hydrogen) atoms. The molecule has 0 aromatic heterocycles. The lowest BCUT2D eigenvalue weighted by Gasteiger charge is -2.29. The molecular formula is C26H23Cl2FN4O3. The van der Waals surface area contributed by atoms with Crippen molar-refractivity contribution in [3.05, 3.63) is 105 Å². The summed E-state index contributed by atoms with van der Waals surface area (Å²) in [5, 5.41) is 3.28. The normalized spacial score (nSPS) is 15.2. The Hall–Kier alpha value is -3.46. The van der Waals surface area contributed by atoms with Crippen LogP contribution in [0.2, 0.25) is 10.0 Å². The van der Waals surface area contributed by atoms with Crippen molar-refractivity contribution in [2.24, 2.45) is 5.73 Å². The first-order valence-electron chi connectivity index (χ1n) is 11.2. The molecule has 186 valence electrons. The quantitative estimate of drug-likeness (QED) is 0.508. The highest BCUT2D eigenvalue weighted by Gasteiger charge is 2.43. The van der Waals surface area contributed by atoms with Gasteiger partial charge in [0, 0.05) is 37.3 Å². The number of hydrogen-bond acceptors (Lipinski definition) is 4. The molecule has 1 saturated heterocycles. The van der Waals surface area contributed by atoms with Crippen LogP contribution in [0.4, 0.5) is 4.39 Å². The number of nitrogens with zero attached hydrogens (tertiary/aromatic N) is 2. The molecule has 0 aliphatic carbocycles. The second-order valence-corrected chi connectivity index (χ2v) is 9.07. The van der Waals surface area contributed by atoms with Gasteiger partial charge in [0.15, 0.2) is 6.17 Å². The summed E-state index contributed by atoms with van der Waals surface area (Å²) in [6.45, 7) is 0.705. The molecule has 0 saturated carbocycles. The van der Waals surface area contributed by atoms with Crippen LogP contribution in [0.3, 0.4) is 0 Å². The van der Waals surface area contributed by atoms with E-state index in [1.54, 1.807) is 0 Å². The Morgan fingerprint density at radius 1 is 0.861 bits per heavy atom. The molecular weight excluding hydrogens is 506 g/mol. The highest BCUT2D eigenvalue weighted by atomic mass is 35.5. The molecule has 3 N–H and O–H groups in total. The molecule has 0 spiro atoms. The van der Waals surface area contributed by atoms with E-state index < -0.39 is 29.7 Å². The van der Waals surface area contributed by atoms with Crippen molar-refractivity contribution in [2.75, 3.05) is 13.1 Å². The topological polar surface area (TPSA) is 95.7 Å². The maximum absolute atomic E-state index is 13.8. The van der Waals surface area contributed by atoms with E-state index in [0.717, 1.165) is 17.2 Å². The third kappa shape index (κ3) is 5.51. The number of hydrogen-bond donors (Lipinski definition) is 2. The van der Waals surface area contributed by atoms with Gasteiger partial charge in [-0.05, 0) is 47.5 Å². The molecule has 3 amide bonds. The van der Waals surface area contributed by atoms with Crippen molar-refractivity contribution >= 4 is 40.9 Å². The fourth-order valence-electron chi connectivity index (χ4n) is 4.07. The highest BCUT2D eigenvalue weighted by Crippen LogP contribution is 2.26. The fourth-order valence-corrected chi connectivity index (χ4v) is 4.36. The SMILES string of the molecule is NCc1cccc(CNC(=O)C2N(C(=O)c3cccc(F)c3)CCN2C(=O)c2ccc(Cl)c(Cl)c2)c1. The maximum atomic E-state index is 13.8. The van der Waals surface area contributed by atoms with Crippen LogP contribution in [0, 0.1) is 5.82 Å². The fraction of sp³-hybridized carbons (Fsp3) is 0.192.